The van der Waals surface area contributed by atoms with Crippen LogP contribution < -0.4 is 5.73 Å². The molecule has 0 saturated heterocycles. The van der Waals surface area contributed by atoms with Gasteiger partial charge in [-0.3, -0.25) is 4.68 Å². The molecule has 0 aromatic carbocycles. The highest BCUT2D eigenvalue weighted by molar-refractivity contribution is 5.35. The van der Waals surface area contributed by atoms with Gasteiger partial charge in [0.25, 0.3) is 0 Å². The zero-order valence-corrected chi connectivity index (χ0v) is 11.5. The first kappa shape index (κ1) is 12.6. The molecule has 0 amide bonds. The van der Waals surface area contributed by atoms with Crippen molar-refractivity contribution in [2.45, 2.75) is 64.8 Å². The molecule has 0 saturated carbocycles. The monoisotopic (exact) mass is 235 g/mol. The molecule has 2 rings (SSSR count). The predicted molar refractivity (Wildman–Crippen MR) is 71.4 cm³/mol. The third kappa shape index (κ3) is 2.13. The highest BCUT2D eigenvalue weighted by atomic mass is 15.3. The Balaban J connectivity index is 2.55. The van der Waals surface area contributed by atoms with Crippen LogP contribution in [0.1, 0.15) is 75.4 Å². The van der Waals surface area contributed by atoms with Gasteiger partial charge in [-0.05, 0) is 51.5 Å². The van der Waals surface area contributed by atoms with E-state index in [-0.39, 0.29) is 0 Å². The van der Waals surface area contributed by atoms with E-state index in [4.69, 9.17) is 10.8 Å². The molecule has 0 radical (unpaired) electrons. The van der Waals surface area contributed by atoms with Gasteiger partial charge in [-0.2, -0.15) is 5.10 Å². The van der Waals surface area contributed by atoms with Gasteiger partial charge < -0.3 is 5.73 Å². The van der Waals surface area contributed by atoms with E-state index in [9.17, 15) is 0 Å². The van der Waals surface area contributed by atoms with E-state index in [1.165, 1.54) is 36.2 Å². The zero-order valence-electron chi connectivity index (χ0n) is 11.5. The smallest absolute Gasteiger partial charge is 0.0688 e. The number of hydrogen-bond donors (Lipinski definition) is 1. The summed E-state index contributed by atoms with van der Waals surface area (Å²) >= 11 is 0. The largest absolute Gasteiger partial charge is 0.330 e. The molecule has 96 valence electrons. The van der Waals surface area contributed by atoms with E-state index in [0.29, 0.717) is 17.9 Å². The molecule has 0 bridgehead atoms. The van der Waals surface area contributed by atoms with Gasteiger partial charge in [0.05, 0.1) is 5.69 Å². The second kappa shape index (κ2) is 4.81. The second-order valence-corrected chi connectivity index (χ2v) is 5.76. The summed E-state index contributed by atoms with van der Waals surface area (Å²) in [5, 5.41) is 4.85. The van der Waals surface area contributed by atoms with Gasteiger partial charge >= 0.3 is 0 Å². The molecule has 2 N–H and O–H groups in total. The molecule has 1 aliphatic carbocycles. The number of rotatable bonds is 3. The summed E-state index contributed by atoms with van der Waals surface area (Å²) in [7, 11) is 0. The van der Waals surface area contributed by atoms with Crippen LogP contribution in [0.4, 0.5) is 0 Å². The maximum absolute atomic E-state index is 5.94. The van der Waals surface area contributed by atoms with E-state index >= 15 is 0 Å². The number of nitrogens with two attached hydrogens (primary N) is 1. The number of aromatic nitrogens is 2. The van der Waals surface area contributed by atoms with E-state index in [0.717, 1.165) is 6.54 Å². The molecule has 1 unspecified atom stereocenters. The Morgan fingerprint density at radius 1 is 1.35 bits per heavy atom. The van der Waals surface area contributed by atoms with Crippen LogP contribution >= 0.6 is 0 Å². The second-order valence-electron chi connectivity index (χ2n) is 5.76. The Kier molecular flexibility index (Phi) is 3.57. The van der Waals surface area contributed by atoms with Crippen LogP contribution in [0.15, 0.2) is 0 Å². The van der Waals surface area contributed by atoms with Gasteiger partial charge in [0, 0.05) is 17.3 Å². The van der Waals surface area contributed by atoms with E-state index < -0.39 is 0 Å². The number of hydrogen-bond acceptors (Lipinski definition) is 2. The summed E-state index contributed by atoms with van der Waals surface area (Å²) in [5.41, 5.74) is 10.1. The minimum absolute atomic E-state index is 0.452. The van der Waals surface area contributed by atoms with E-state index in [1.807, 2.05) is 0 Å². The van der Waals surface area contributed by atoms with Crippen molar-refractivity contribution in [1.82, 2.24) is 9.78 Å². The summed E-state index contributed by atoms with van der Waals surface area (Å²) in [6.07, 6.45) is 3.65. The molecule has 0 aliphatic heterocycles. The summed E-state index contributed by atoms with van der Waals surface area (Å²) < 4.78 is 2.23. The molecule has 1 aliphatic rings. The SMILES string of the molecule is CC(C)c1nn(C(C)C)c2c1C(CN)CCC2. The lowest BCUT2D eigenvalue weighted by Gasteiger charge is -2.24. The molecule has 17 heavy (non-hydrogen) atoms. The highest BCUT2D eigenvalue weighted by Crippen LogP contribution is 2.37. The van der Waals surface area contributed by atoms with Crippen LogP contribution in [-0.4, -0.2) is 16.3 Å². The van der Waals surface area contributed by atoms with Gasteiger partial charge in [0.2, 0.25) is 0 Å². The van der Waals surface area contributed by atoms with Crippen molar-refractivity contribution < 1.29 is 0 Å². The number of nitrogens with zero attached hydrogens (tertiary/aromatic N) is 2. The molecular formula is C14H25N3. The lowest BCUT2D eigenvalue weighted by Crippen LogP contribution is -2.20. The third-order valence-electron chi connectivity index (χ3n) is 3.77. The minimum atomic E-state index is 0.452. The highest BCUT2D eigenvalue weighted by Gasteiger charge is 2.29. The average Bonchev–Trinajstić information content (AvgIpc) is 2.68. The Labute approximate surface area is 104 Å². The molecule has 1 heterocycles. The van der Waals surface area contributed by atoms with Gasteiger partial charge in [-0.1, -0.05) is 13.8 Å². The molecule has 3 nitrogen and oxygen atoms in total. The third-order valence-corrected chi connectivity index (χ3v) is 3.77. The van der Waals surface area contributed by atoms with E-state index in [2.05, 4.69) is 32.4 Å². The normalized spacial score (nSPS) is 20.1. The Morgan fingerprint density at radius 3 is 2.59 bits per heavy atom. The molecular weight excluding hydrogens is 210 g/mol. The van der Waals surface area contributed by atoms with Crippen molar-refractivity contribution in [1.29, 1.82) is 0 Å². The van der Waals surface area contributed by atoms with Crippen LogP contribution in [0, 0.1) is 0 Å². The molecule has 1 atom stereocenters. The standard InChI is InChI=1S/C14H25N3/c1-9(2)14-13-11(8-15)6-5-7-12(13)17(16-14)10(3)4/h9-11H,5-8,15H2,1-4H3. The lowest BCUT2D eigenvalue weighted by atomic mass is 9.83. The van der Waals surface area contributed by atoms with Gasteiger partial charge in [0.1, 0.15) is 0 Å². The molecule has 3 heteroatoms. The van der Waals surface area contributed by atoms with Crippen molar-refractivity contribution in [3.05, 3.63) is 17.0 Å². The zero-order chi connectivity index (χ0) is 12.6. The topological polar surface area (TPSA) is 43.8 Å². The number of fused-ring (bicyclic) bond motifs is 1. The quantitative estimate of drug-likeness (QED) is 0.875. The maximum Gasteiger partial charge on any atom is 0.0688 e. The Morgan fingerprint density at radius 2 is 2.06 bits per heavy atom. The summed E-state index contributed by atoms with van der Waals surface area (Å²) in [5.74, 6) is 1.03. The van der Waals surface area contributed by atoms with Gasteiger partial charge in [-0.25, -0.2) is 0 Å². The van der Waals surface area contributed by atoms with Crippen LogP contribution in [0.5, 0.6) is 0 Å². The minimum Gasteiger partial charge on any atom is -0.330 e. The summed E-state index contributed by atoms with van der Waals surface area (Å²) in [6, 6.07) is 0.452. The van der Waals surface area contributed by atoms with Crippen LogP contribution in [0.25, 0.3) is 0 Å². The molecule has 0 fully saturated rings. The van der Waals surface area contributed by atoms with Crippen molar-refractivity contribution in [2.75, 3.05) is 6.54 Å². The van der Waals surface area contributed by atoms with Crippen LogP contribution in [0.3, 0.4) is 0 Å². The lowest BCUT2D eigenvalue weighted by molar-refractivity contribution is 0.477. The Hall–Kier alpha value is -0.830. The van der Waals surface area contributed by atoms with Crippen molar-refractivity contribution >= 4 is 0 Å². The summed E-state index contributed by atoms with van der Waals surface area (Å²) in [6.45, 7) is 9.65. The van der Waals surface area contributed by atoms with Crippen LogP contribution in [0.2, 0.25) is 0 Å². The first-order valence-electron chi connectivity index (χ1n) is 6.87. The summed E-state index contributed by atoms with van der Waals surface area (Å²) in [4.78, 5) is 0. The van der Waals surface area contributed by atoms with Gasteiger partial charge in [-0.15, -0.1) is 0 Å². The molecule has 1 aromatic rings. The first-order valence-corrected chi connectivity index (χ1v) is 6.87. The van der Waals surface area contributed by atoms with E-state index in [1.54, 1.807) is 0 Å². The van der Waals surface area contributed by atoms with Crippen molar-refractivity contribution in [3.63, 3.8) is 0 Å². The van der Waals surface area contributed by atoms with Crippen molar-refractivity contribution in [2.24, 2.45) is 5.73 Å². The molecule has 1 aromatic heterocycles. The Bertz CT molecular complexity index is 390. The van der Waals surface area contributed by atoms with Crippen molar-refractivity contribution in [3.8, 4) is 0 Å². The van der Waals surface area contributed by atoms with Crippen LogP contribution in [-0.2, 0) is 6.42 Å². The predicted octanol–water partition coefficient (Wildman–Crippen LogP) is 2.97. The average molecular weight is 235 g/mol. The van der Waals surface area contributed by atoms with Gasteiger partial charge in [0.15, 0.2) is 0 Å². The first-order chi connectivity index (χ1) is 8.06. The fourth-order valence-corrected chi connectivity index (χ4v) is 2.95. The molecule has 0 spiro atoms. The maximum atomic E-state index is 5.94. The fraction of sp³-hybridized carbons (Fsp3) is 0.786. The fourth-order valence-electron chi connectivity index (χ4n) is 2.95.